The fourth-order valence-corrected chi connectivity index (χ4v) is 1.98. The second-order valence-electron chi connectivity index (χ2n) is 4.35. The lowest BCUT2D eigenvalue weighted by Gasteiger charge is -2.35. The summed E-state index contributed by atoms with van der Waals surface area (Å²) in [5.74, 6) is 0.822. The first kappa shape index (κ1) is 13.5. The molecule has 1 aromatic rings. The first-order valence-corrected chi connectivity index (χ1v) is 6.43. The van der Waals surface area contributed by atoms with E-state index in [1.54, 1.807) is 12.3 Å². The van der Waals surface area contributed by atoms with Gasteiger partial charge in [-0.05, 0) is 12.5 Å². The van der Waals surface area contributed by atoms with Crippen molar-refractivity contribution in [3.63, 3.8) is 0 Å². The van der Waals surface area contributed by atoms with Crippen LogP contribution in [-0.2, 0) is 9.53 Å². The molecule has 0 bridgehead atoms. The molecular formula is C12H19N5O2. The van der Waals surface area contributed by atoms with Crippen LogP contribution in [0.1, 0.15) is 13.3 Å². The quantitative estimate of drug-likeness (QED) is 0.782. The molecule has 19 heavy (non-hydrogen) atoms. The summed E-state index contributed by atoms with van der Waals surface area (Å²) in [7, 11) is 0. The standard InChI is InChI=1S/C12H19N5O2/c1-2-4-14-11(18)9-8-19-7-6-17(9)10-3-5-15-12(13)16-10/h3,5,9H,2,4,6-8H2,1H3,(H,14,18)(H2,13,15,16). The molecule has 0 radical (unpaired) electrons. The molecule has 1 aliphatic rings. The minimum Gasteiger partial charge on any atom is -0.377 e. The summed E-state index contributed by atoms with van der Waals surface area (Å²) in [4.78, 5) is 22.1. The maximum Gasteiger partial charge on any atom is 0.245 e. The number of carbonyl (C=O) groups excluding carboxylic acids is 1. The smallest absolute Gasteiger partial charge is 0.245 e. The molecule has 0 saturated carbocycles. The molecular weight excluding hydrogens is 246 g/mol. The largest absolute Gasteiger partial charge is 0.377 e. The van der Waals surface area contributed by atoms with Gasteiger partial charge in [0.25, 0.3) is 0 Å². The SMILES string of the molecule is CCCNC(=O)C1COCCN1c1ccnc(N)n1. The summed E-state index contributed by atoms with van der Waals surface area (Å²) in [5, 5.41) is 2.88. The Morgan fingerprint density at radius 2 is 2.53 bits per heavy atom. The fraction of sp³-hybridized carbons (Fsp3) is 0.583. The van der Waals surface area contributed by atoms with Crippen LogP contribution < -0.4 is 16.0 Å². The number of anilines is 2. The van der Waals surface area contributed by atoms with E-state index >= 15 is 0 Å². The van der Waals surface area contributed by atoms with Crippen LogP contribution in [0, 0.1) is 0 Å². The zero-order chi connectivity index (χ0) is 13.7. The van der Waals surface area contributed by atoms with Crippen LogP contribution in [0.25, 0.3) is 0 Å². The number of nitrogens with two attached hydrogens (primary N) is 1. The van der Waals surface area contributed by atoms with Crippen LogP contribution in [0.3, 0.4) is 0 Å². The number of carbonyl (C=O) groups is 1. The average molecular weight is 265 g/mol. The van der Waals surface area contributed by atoms with Gasteiger partial charge in [-0.25, -0.2) is 4.98 Å². The number of morpholine rings is 1. The Bertz CT molecular complexity index is 440. The van der Waals surface area contributed by atoms with E-state index in [1.807, 2.05) is 11.8 Å². The van der Waals surface area contributed by atoms with E-state index in [0.717, 1.165) is 6.42 Å². The first-order valence-electron chi connectivity index (χ1n) is 6.43. The number of amides is 1. The van der Waals surface area contributed by atoms with Crippen molar-refractivity contribution in [2.45, 2.75) is 19.4 Å². The van der Waals surface area contributed by atoms with Gasteiger partial charge < -0.3 is 20.7 Å². The van der Waals surface area contributed by atoms with E-state index in [1.165, 1.54) is 0 Å². The third kappa shape index (κ3) is 3.31. The van der Waals surface area contributed by atoms with Crippen molar-refractivity contribution < 1.29 is 9.53 Å². The molecule has 1 fully saturated rings. The van der Waals surface area contributed by atoms with E-state index in [9.17, 15) is 4.79 Å². The van der Waals surface area contributed by atoms with Crippen molar-refractivity contribution in [3.8, 4) is 0 Å². The van der Waals surface area contributed by atoms with Gasteiger partial charge >= 0.3 is 0 Å². The lowest BCUT2D eigenvalue weighted by molar-refractivity contribution is -0.124. The molecule has 2 heterocycles. The maximum absolute atomic E-state index is 12.1. The molecule has 0 aromatic carbocycles. The van der Waals surface area contributed by atoms with Gasteiger partial charge in [0.15, 0.2) is 0 Å². The van der Waals surface area contributed by atoms with E-state index in [4.69, 9.17) is 10.5 Å². The minimum absolute atomic E-state index is 0.0428. The molecule has 2 rings (SSSR count). The normalized spacial score (nSPS) is 19.2. The van der Waals surface area contributed by atoms with Crippen LogP contribution in [-0.4, -0.2) is 48.2 Å². The third-order valence-corrected chi connectivity index (χ3v) is 2.93. The Morgan fingerprint density at radius 1 is 1.68 bits per heavy atom. The van der Waals surface area contributed by atoms with Crippen LogP contribution in [0.15, 0.2) is 12.3 Å². The Labute approximate surface area is 112 Å². The zero-order valence-corrected chi connectivity index (χ0v) is 11.0. The second kappa shape index (κ2) is 6.33. The molecule has 0 spiro atoms. The van der Waals surface area contributed by atoms with Crippen LogP contribution >= 0.6 is 0 Å². The fourth-order valence-electron chi connectivity index (χ4n) is 1.98. The van der Waals surface area contributed by atoms with E-state index in [0.29, 0.717) is 32.1 Å². The molecule has 3 N–H and O–H groups in total. The number of hydrogen-bond donors (Lipinski definition) is 2. The number of rotatable bonds is 4. The van der Waals surface area contributed by atoms with Gasteiger partial charge in [0.05, 0.1) is 13.2 Å². The predicted octanol–water partition coefficient (Wildman–Crippen LogP) is -0.210. The molecule has 1 aliphatic heterocycles. The molecule has 7 nitrogen and oxygen atoms in total. The van der Waals surface area contributed by atoms with Gasteiger partial charge in [-0.2, -0.15) is 4.98 Å². The minimum atomic E-state index is -0.366. The number of ether oxygens (including phenoxy) is 1. The Kier molecular flexibility index (Phi) is 4.51. The number of hydrogen-bond acceptors (Lipinski definition) is 6. The zero-order valence-electron chi connectivity index (χ0n) is 11.0. The summed E-state index contributed by atoms with van der Waals surface area (Å²) in [6.07, 6.45) is 2.49. The molecule has 1 amide bonds. The van der Waals surface area contributed by atoms with Crippen molar-refractivity contribution in [2.75, 3.05) is 36.9 Å². The molecule has 0 aliphatic carbocycles. The lowest BCUT2D eigenvalue weighted by atomic mass is 10.2. The molecule has 1 atom stereocenters. The van der Waals surface area contributed by atoms with E-state index < -0.39 is 0 Å². The molecule has 1 unspecified atom stereocenters. The Hall–Kier alpha value is -1.89. The lowest BCUT2D eigenvalue weighted by Crippen LogP contribution is -2.54. The molecule has 1 saturated heterocycles. The Morgan fingerprint density at radius 3 is 3.26 bits per heavy atom. The monoisotopic (exact) mass is 265 g/mol. The third-order valence-electron chi connectivity index (χ3n) is 2.93. The summed E-state index contributed by atoms with van der Waals surface area (Å²) < 4.78 is 5.39. The van der Waals surface area contributed by atoms with Gasteiger partial charge in [0, 0.05) is 19.3 Å². The summed E-state index contributed by atoms with van der Waals surface area (Å²) in [6.45, 7) is 4.22. The summed E-state index contributed by atoms with van der Waals surface area (Å²) in [5.41, 5.74) is 5.59. The van der Waals surface area contributed by atoms with Crippen LogP contribution in [0.4, 0.5) is 11.8 Å². The molecule has 1 aromatic heterocycles. The highest BCUT2D eigenvalue weighted by atomic mass is 16.5. The van der Waals surface area contributed by atoms with Crippen molar-refractivity contribution in [1.82, 2.24) is 15.3 Å². The van der Waals surface area contributed by atoms with Gasteiger partial charge in [0.2, 0.25) is 11.9 Å². The highest BCUT2D eigenvalue weighted by molar-refractivity contribution is 5.85. The van der Waals surface area contributed by atoms with Gasteiger partial charge in [0.1, 0.15) is 11.9 Å². The van der Waals surface area contributed by atoms with Crippen LogP contribution in [0.5, 0.6) is 0 Å². The van der Waals surface area contributed by atoms with Crippen molar-refractivity contribution in [2.24, 2.45) is 0 Å². The summed E-state index contributed by atoms with van der Waals surface area (Å²) >= 11 is 0. The maximum atomic E-state index is 12.1. The highest BCUT2D eigenvalue weighted by Crippen LogP contribution is 2.17. The topological polar surface area (TPSA) is 93.4 Å². The summed E-state index contributed by atoms with van der Waals surface area (Å²) in [6, 6.07) is 1.39. The van der Waals surface area contributed by atoms with Gasteiger partial charge in [-0.3, -0.25) is 4.79 Å². The number of aromatic nitrogens is 2. The van der Waals surface area contributed by atoms with Crippen molar-refractivity contribution >= 4 is 17.7 Å². The molecule has 7 heteroatoms. The Balaban J connectivity index is 2.13. The average Bonchev–Trinajstić information content (AvgIpc) is 2.45. The van der Waals surface area contributed by atoms with Gasteiger partial charge in [-0.15, -0.1) is 0 Å². The molecule has 104 valence electrons. The van der Waals surface area contributed by atoms with E-state index in [2.05, 4.69) is 15.3 Å². The number of nitrogens with zero attached hydrogens (tertiary/aromatic N) is 3. The number of nitrogen functional groups attached to an aromatic ring is 1. The predicted molar refractivity (Wildman–Crippen MR) is 71.7 cm³/mol. The number of nitrogens with one attached hydrogen (secondary N) is 1. The second-order valence-corrected chi connectivity index (χ2v) is 4.35. The van der Waals surface area contributed by atoms with Gasteiger partial charge in [-0.1, -0.05) is 6.92 Å². The van der Waals surface area contributed by atoms with Crippen molar-refractivity contribution in [3.05, 3.63) is 12.3 Å². The van der Waals surface area contributed by atoms with Crippen LogP contribution in [0.2, 0.25) is 0 Å². The first-order chi connectivity index (χ1) is 9.22. The highest BCUT2D eigenvalue weighted by Gasteiger charge is 2.30. The van der Waals surface area contributed by atoms with Crippen molar-refractivity contribution in [1.29, 1.82) is 0 Å². The van der Waals surface area contributed by atoms with E-state index in [-0.39, 0.29) is 17.9 Å².